The van der Waals surface area contributed by atoms with Gasteiger partial charge in [-0.3, -0.25) is 4.79 Å². The van der Waals surface area contributed by atoms with E-state index in [1.807, 2.05) is 6.07 Å². The first-order chi connectivity index (χ1) is 6.15. The average Bonchev–Trinajstić information content (AvgIpc) is 2.32. The number of hydrogen-bond donors (Lipinski definition) is 1. The zero-order valence-corrected chi connectivity index (χ0v) is 8.49. The Morgan fingerprint density at radius 3 is 2.54 bits per heavy atom. The van der Waals surface area contributed by atoms with Gasteiger partial charge < -0.3 is 5.11 Å². The topological polar surface area (TPSA) is 37.3 Å². The van der Waals surface area contributed by atoms with Gasteiger partial charge in [0.25, 0.3) is 0 Å². The molecule has 0 amide bonds. The maximum atomic E-state index is 11.1. The lowest BCUT2D eigenvalue weighted by Crippen LogP contribution is -2.41. The Morgan fingerprint density at radius 2 is 2.23 bits per heavy atom. The first-order valence-corrected chi connectivity index (χ1v) is 5.34. The largest absolute Gasteiger partial charge is 0.481 e. The third-order valence-corrected chi connectivity index (χ3v) is 4.10. The molecule has 1 saturated carbocycles. The van der Waals surface area contributed by atoms with E-state index in [1.165, 1.54) is 11.3 Å². The summed E-state index contributed by atoms with van der Waals surface area (Å²) in [4.78, 5) is 12.0. The molecule has 1 N–H and O–H groups in total. The molecule has 2 rings (SSSR count). The van der Waals surface area contributed by atoms with Crippen molar-refractivity contribution < 1.29 is 9.90 Å². The molecule has 1 aliphatic rings. The predicted octanol–water partition coefficient (Wildman–Crippen LogP) is 2.91. The van der Waals surface area contributed by atoms with Crippen LogP contribution in [-0.4, -0.2) is 11.1 Å². The van der Waals surface area contributed by atoms with Gasteiger partial charge in [-0.15, -0.1) is 11.3 Å². The summed E-state index contributed by atoms with van der Waals surface area (Å²) in [5, 5.41) is 9.11. The molecule has 0 radical (unpaired) electrons. The number of carbonyl (C=O) groups is 1. The first-order valence-electron chi connectivity index (χ1n) is 4.14. The summed E-state index contributed by atoms with van der Waals surface area (Å²) in [7, 11) is 0. The van der Waals surface area contributed by atoms with Gasteiger partial charge in [0, 0.05) is 4.88 Å². The van der Waals surface area contributed by atoms with Crippen molar-refractivity contribution in [3.63, 3.8) is 0 Å². The Morgan fingerprint density at radius 1 is 1.54 bits per heavy atom. The minimum absolute atomic E-state index is 0.613. The number of thiophene rings is 1. The third kappa shape index (κ3) is 1.27. The molecule has 1 fully saturated rings. The number of rotatable bonds is 2. The highest BCUT2D eigenvalue weighted by Gasteiger charge is 2.46. The second kappa shape index (κ2) is 3.00. The molecule has 1 aromatic rings. The molecule has 0 atom stereocenters. The van der Waals surface area contributed by atoms with E-state index in [0.29, 0.717) is 4.34 Å². The molecule has 1 aliphatic carbocycles. The van der Waals surface area contributed by atoms with E-state index in [4.69, 9.17) is 16.7 Å². The minimum atomic E-state index is -0.711. The van der Waals surface area contributed by atoms with E-state index in [0.717, 1.165) is 24.1 Å². The van der Waals surface area contributed by atoms with Crippen LogP contribution in [0.2, 0.25) is 4.34 Å². The normalized spacial score (nSPS) is 19.5. The Bertz CT molecular complexity index is 341. The van der Waals surface area contributed by atoms with E-state index in [9.17, 15) is 4.79 Å². The second-order valence-electron chi connectivity index (χ2n) is 3.34. The van der Waals surface area contributed by atoms with Crippen LogP contribution in [0.4, 0.5) is 0 Å². The minimum Gasteiger partial charge on any atom is -0.481 e. The van der Waals surface area contributed by atoms with E-state index >= 15 is 0 Å². The van der Waals surface area contributed by atoms with Crippen LogP contribution in [0.3, 0.4) is 0 Å². The van der Waals surface area contributed by atoms with Crippen LogP contribution in [0.25, 0.3) is 0 Å². The van der Waals surface area contributed by atoms with Gasteiger partial charge >= 0.3 is 5.97 Å². The third-order valence-electron chi connectivity index (χ3n) is 2.66. The van der Waals surface area contributed by atoms with Crippen molar-refractivity contribution in [2.24, 2.45) is 0 Å². The van der Waals surface area contributed by atoms with Gasteiger partial charge in [-0.05, 0) is 25.0 Å². The molecule has 1 aromatic heterocycles. The van der Waals surface area contributed by atoms with Crippen molar-refractivity contribution in [2.45, 2.75) is 24.7 Å². The SMILES string of the molecule is O=C(O)C1(c2ccc(Cl)s2)CCC1. The summed E-state index contributed by atoms with van der Waals surface area (Å²) in [6.45, 7) is 0. The lowest BCUT2D eigenvalue weighted by atomic mass is 9.68. The van der Waals surface area contributed by atoms with Crippen LogP contribution >= 0.6 is 22.9 Å². The number of hydrogen-bond acceptors (Lipinski definition) is 2. The smallest absolute Gasteiger partial charge is 0.314 e. The molecule has 0 aliphatic heterocycles. The molecule has 0 unspecified atom stereocenters. The molecule has 0 aromatic carbocycles. The number of carboxylic acid groups (broad SMARTS) is 1. The fourth-order valence-corrected chi connectivity index (χ4v) is 2.95. The lowest BCUT2D eigenvalue weighted by molar-refractivity contribution is -0.147. The maximum absolute atomic E-state index is 11.1. The Kier molecular flexibility index (Phi) is 2.08. The van der Waals surface area contributed by atoms with E-state index in [2.05, 4.69) is 0 Å². The standard InChI is InChI=1S/C9H9ClO2S/c10-7-3-2-6(13-7)9(8(11)12)4-1-5-9/h2-3H,1,4-5H2,(H,11,12). The first kappa shape index (κ1) is 9.03. The zero-order chi connectivity index (χ0) is 9.47. The van der Waals surface area contributed by atoms with Gasteiger partial charge in [-0.25, -0.2) is 0 Å². The van der Waals surface area contributed by atoms with Gasteiger partial charge in [-0.1, -0.05) is 18.0 Å². The van der Waals surface area contributed by atoms with Crippen molar-refractivity contribution in [1.82, 2.24) is 0 Å². The van der Waals surface area contributed by atoms with Crippen LogP contribution < -0.4 is 0 Å². The number of halogens is 1. The molecule has 0 bridgehead atoms. The highest BCUT2D eigenvalue weighted by Crippen LogP contribution is 2.47. The molecular formula is C9H9ClO2S. The Balaban J connectivity index is 2.37. The van der Waals surface area contributed by atoms with Crippen LogP contribution in [0, 0.1) is 0 Å². The average molecular weight is 217 g/mol. The molecule has 13 heavy (non-hydrogen) atoms. The van der Waals surface area contributed by atoms with Gasteiger partial charge in [-0.2, -0.15) is 0 Å². The van der Waals surface area contributed by atoms with Crippen molar-refractivity contribution in [3.05, 3.63) is 21.3 Å². The highest BCUT2D eigenvalue weighted by molar-refractivity contribution is 7.16. The van der Waals surface area contributed by atoms with Crippen LogP contribution in [0.15, 0.2) is 12.1 Å². The summed E-state index contributed by atoms with van der Waals surface area (Å²) < 4.78 is 0.669. The molecule has 0 saturated heterocycles. The van der Waals surface area contributed by atoms with Crippen LogP contribution in [0.5, 0.6) is 0 Å². The summed E-state index contributed by atoms with van der Waals surface area (Å²) in [5.74, 6) is -0.711. The Hall–Kier alpha value is -0.540. The van der Waals surface area contributed by atoms with Crippen molar-refractivity contribution in [2.75, 3.05) is 0 Å². The maximum Gasteiger partial charge on any atom is 0.314 e. The summed E-state index contributed by atoms with van der Waals surface area (Å²) in [5.41, 5.74) is -0.613. The van der Waals surface area contributed by atoms with Crippen molar-refractivity contribution in [3.8, 4) is 0 Å². The van der Waals surface area contributed by atoms with Gasteiger partial charge in [0.15, 0.2) is 0 Å². The van der Waals surface area contributed by atoms with Gasteiger partial charge in [0.2, 0.25) is 0 Å². The van der Waals surface area contributed by atoms with Crippen molar-refractivity contribution >= 4 is 28.9 Å². The summed E-state index contributed by atoms with van der Waals surface area (Å²) in [6, 6.07) is 3.60. The van der Waals surface area contributed by atoms with Crippen LogP contribution in [0.1, 0.15) is 24.1 Å². The monoisotopic (exact) mass is 216 g/mol. The van der Waals surface area contributed by atoms with E-state index in [-0.39, 0.29) is 0 Å². The number of carboxylic acids is 1. The Labute approximate surface area is 85.1 Å². The molecule has 4 heteroatoms. The van der Waals surface area contributed by atoms with Gasteiger partial charge in [0.05, 0.1) is 4.34 Å². The number of aliphatic carboxylic acids is 1. The molecular weight excluding hydrogens is 208 g/mol. The molecule has 2 nitrogen and oxygen atoms in total. The fourth-order valence-electron chi connectivity index (χ4n) is 1.67. The second-order valence-corrected chi connectivity index (χ2v) is 5.06. The quantitative estimate of drug-likeness (QED) is 0.826. The van der Waals surface area contributed by atoms with E-state index in [1.54, 1.807) is 6.07 Å². The molecule has 70 valence electrons. The lowest BCUT2D eigenvalue weighted by Gasteiger charge is -2.36. The molecule has 1 heterocycles. The predicted molar refractivity (Wildman–Crippen MR) is 52.5 cm³/mol. The molecule has 0 spiro atoms. The van der Waals surface area contributed by atoms with Crippen molar-refractivity contribution in [1.29, 1.82) is 0 Å². The van der Waals surface area contributed by atoms with Gasteiger partial charge in [0.1, 0.15) is 5.41 Å². The van der Waals surface area contributed by atoms with E-state index < -0.39 is 11.4 Å². The summed E-state index contributed by atoms with van der Waals surface area (Å²) in [6.07, 6.45) is 2.50. The fraction of sp³-hybridized carbons (Fsp3) is 0.444. The van der Waals surface area contributed by atoms with Crippen LogP contribution in [-0.2, 0) is 10.2 Å². The zero-order valence-electron chi connectivity index (χ0n) is 6.92. The summed E-state index contributed by atoms with van der Waals surface area (Å²) >= 11 is 7.16. The highest BCUT2D eigenvalue weighted by atomic mass is 35.5.